The molecule has 0 bridgehead atoms. The van der Waals surface area contributed by atoms with Gasteiger partial charge in [0.25, 0.3) is 0 Å². The number of benzene rings is 1. The Morgan fingerprint density at radius 1 is 1.39 bits per heavy atom. The minimum absolute atomic E-state index is 0.289. The van der Waals surface area contributed by atoms with E-state index < -0.39 is 5.97 Å². The molecule has 3 nitrogen and oxygen atoms in total. The summed E-state index contributed by atoms with van der Waals surface area (Å²) in [6.45, 7) is 5.74. The van der Waals surface area contributed by atoms with Crippen molar-refractivity contribution in [2.24, 2.45) is 0 Å². The summed E-state index contributed by atoms with van der Waals surface area (Å²) in [4.78, 5) is 11.3. The first kappa shape index (κ1) is 13.9. The van der Waals surface area contributed by atoms with Crippen molar-refractivity contribution in [3.8, 4) is 17.6 Å². The lowest BCUT2D eigenvalue weighted by molar-refractivity contribution is -0.138. The molecule has 18 heavy (non-hydrogen) atoms. The quantitative estimate of drug-likeness (QED) is 0.464. The molecular weight excluding hydrogens is 228 g/mol. The maximum Gasteiger partial charge on any atom is 0.334 e. The van der Waals surface area contributed by atoms with Crippen LogP contribution in [0, 0.1) is 11.8 Å². The number of ether oxygens (including phenoxy) is 2. The number of hydrogen-bond acceptors (Lipinski definition) is 3. The SMILES string of the molecule is C=C(CC#Cc1ccccc1OC)C(=O)OCC. The van der Waals surface area contributed by atoms with E-state index in [9.17, 15) is 4.79 Å². The van der Waals surface area contributed by atoms with E-state index in [1.807, 2.05) is 24.3 Å². The van der Waals surface area contributed by atoms with Crippen molar-refractivity contribution < 1.29 is 14.3 Å². The number of carbonyl (C=O) groups excluding carboxylic acids is 1. The van der Waals surface area contributed by atoms with Crippen LogP contribution in [0.5, 0.6) is 5.75 Å². The van der Waals surface area contributed by atoms with Crippen LogP contribution < -0.4 is 4.74 Å². The largest absolute Gasteiger partial charge is 0.495 e. The summed E-state index contributed by atoms with van der Waals surface area (Å²) in [6.07, 6.45) is 0.289. The van der Waals surface area contributed by atoms with Gasteiger partial charge in [0.05, 0.1) is 19.3 Å². The zero-order chi connectivity index (χ0) is 13.4. The second-order valence-electron chi connectivity index (χ2n) is 3.50. The summed E-state index contributed by atoms with van der Waals surface area (Å²) in [5.41, 5.74) is 1.15. The van der Waals surface area contributed by atoms with Crippen molar-refractivity contribution in [3.05, 3.63) is 42.0 Å². The Bertz CT molecular complexity index is 492. The maximum atomic E-state index is 11.3. The second kappa shape index (κ2) is 7.18. The Hall–Kier alpha value is -2.21. The smallest absolute Gasteiger partial charge is 0.334 e. The fourth-order valence-electron chi connectivity index (χ4n) is 1.30. The molecule has 0 spiro atoms. The van der Waals surface area contributed by atoms with Crippen molar-refractivity contribution in [2.45, 2.75) is 13.3 Å². The number of para-hydroxylation sites is 1. The molecule has 1 aromatic carbocycles. The molecule has 0 amide bonds. The second-order valence-corrected chi connectivity index (χ2v) is 3.50. The zero-order valence-corrected chi connectivity index (χ0v) is 10.7. The lowest BCUT2D eigenvalue weighted by atomic mass is 10.1. The van der Waals surface area contributed by atoms with Gasteiger partial charge in [-0.3, -0.25) is 0 Å². The molecule has 0 saturated heterocycles. The highest BCUT2D eigenvalue weighted by atomic mass is 16.5. The van der Waals surface area contributed by atoms with Crippen LogP contribution in [-0.2, 0) is 9.53 Å². The third kappa shape index (κ3) is 3.99. The van der Waals surface area contributed by atoms with E-state index in [0.717, 1.165) is 5.56 Å². The lowest BCUT2D eigenvalue weighted by Gasteiger charge is -2.02. The van der Waals surface area contributed by atoms with Crippen LogP contribution in [0.3, 0.4) is 0 Å². The van der Waals surface area contributed by atoms with Gasteiger partial charge in [0, 0.05) is 12.0 Å². The first-order valence-corrected chi connectivity index (χ1v) is 5.65. The van der Waals surface area contributed by atoms with E-state index in [1.165, 1.54) is 0 Å². The fraction of sp³-hybridized carbons (Fsp3) is 0.267. The summed E-state index contributed by atoms with van der Waals surface area (Å²) in [5, 5.41) is 0. The van der Waals surface area contributed by atoms with Gasteiger partial charge in [0.2, 0.25) is 0 Å². The van der Waals surface area contributed by atoms with Crippen molar-refractivity contribution in [3.63, 3.8) is 0 Å². The van der Waals surface area contributed by atoms with E-state index >= 15 is 0 Å². The predicted molar refractivity (Wildman–Crippen MR) is 70.3 cm³/mol. The van der Waals surface area contributed by atoms with Crippen molar-refractivity contribution in [2.75, 3.05) is 13.7 Å². The summed E-state index contributed by atoms with van der Waals surface area (Å²) in [7, 11) is 1.60. The first-order chi connectivity index (χ1) is 8.69. The topological polar surface area (TPSA) is 35.5 Å². The van der Waals surface area contributed by atoms with Crippen LogP contribution in [0.15, 0.2) is 36.4 Å². The normalized spacial score (nSPS) is 9.00. The van der Waals surface area contributed by atoms with Gasteiger partial charge in [0.1, 0.15) is 5.75 Å². The van der Waals surface area contributed by atoms with Gasteiger partial charge in [0.15, 0.2) is 0 Å². The Labute approximate surface area is 107 Å². The van der Waals surface area contributed by atoms with Gasteiger partial charge in [-0.2, -0.15) is 0 Å². The van der Waals surface area contributed by atoms with Crippen LogP contribution in [-0.4, -0.2) is 19.7 Å². The summed E-state index contributed by atoms with van der Waals surface area (Å²) in [5.74, 6) is 6.15. The van der Waals surface area contributed by atoms with Gasteiger partial charge in [-0.15, -0.1) is 0 Å². The van der Waals surface area contributed by atoms with Gasteiger partial charge >= 0.3 is 5.97 Å². The molecule has 0 unspecified atom stereocenters. The van der Waals surface area contributed by atoms with Gasteiger partial charge < -0.3 is 9.47 Å². The molecule has 0 aromatic heterocycles. The molecule has 0 saturated carbocycles. The molecule has 0 N–H and O–H groups in total. The minimum Gasteiger partial charge on any atom is -0.495 e. The van der Waals surface area contributed by atoms with Crippen molar-refractivity contribution in [1.29, 1.82) is 0 Å². The molecule has 0 heterocycles. The fourth-order valence-corrected chi connectivity index (χ4v) is 1.30. The Kier molecular flexibility index (Phi) is 5.53. The van der Waals surface area contributed by atoms with Crippen LogP contribution in [0.2, 0.25) is 0 Å². The number of methoxy groups -OCH3 is 1. The minimum atomic E-state index is -0.396. The van der Waals surface area contributed by atoms with E-state index in [2.05, 4.69) is 18.4 Å². The Morgan fingerprint density at radius 2 is 2.11 bits per heavy atom. The van der Waals surface area contributed by atoms with Crippen molar-refractivity contribution >= 4 is 5.97 Å². The third-order valence-corrected chi connectivity index (χ3v) is 2.20. The number of esters is 1. The molecule has 1 aromatic rings. The molecule has 1 rings (SSSR count). The summed E-state index contributed by atoms with van der Waals surface area (Å²) in [6, 6.07) is 7.46. The molecule has 0 fully saturated rings. The molecule has 0 aliphatic heterocycles. The predicted octanol–water partition coefficient (Wildman–Crippen LogP) is 2.56. The van der Waals surface area contributed by atoms with E-state index in [4.69, 9.17) is 9.47 Å². The first-order valence-electron chi connectivity index (χ1n) is 5.65. The molecule has 94 valence electrons. The molecule has 0 aliphatic carbocycles. The number of hydrogen-bond donors (Lipinski definition) is 0. The van der Waals surface area contributed by atoms with E-state index in [-0.39, 0.29) is 6.42 Å². The monoisotopic (exact) mass is 244 g/mol. The lowest BCUT2D eigenvalue weighted by Crippen LogP contribution is -2.05. The van der Waals surface area contributed by atoms with Crippen LogP contribution in [0.4, 0.5) is 0 Å². The zero-order valence-electron chi connectivity index (χ0n) is 10.7. The highest BCUT2D eigenvalue weighted by Crippen LogP contribution is 2.15. The van der Waals surface area contributed by atoms with E-state index in [1.54, 1.807) is 14.0 Å². The summed E-state index contributed by atoms with van der Waals surface area (Å²) < 4.78 is 9.99. The number of rotatable bonds is 4. The third-order valence-electron chi connectivity index (χ3n) is 2.20. The van der Waals surface area contributed by atoms with Gasteiger partial charge in [-0.05, 0) is 19.1 Å². The van der Waals surface area contributed by atoms with Crippen LogP contribution in [0.1, 0.15) is 18.9 Å². The van der Waals surface area contributed by atoms with Gasteiger partial charge in [-0.25, -0.2) is 4.79 Å². The Morgan fingerprint density at radius 3 is 2.78 bits per heavy atom. The van der Waals surface area contributed by atoms with Gasteiger partial charge in [-0.1, -0.05) is 30.6 Å². The summed E-state index contributed by atoms with van der Waals surface area (Å²) >= 11 is 0. The molecule has 0 atom stereocenters. The molecule has 3 heteroatoms. The van der Waals surface area contributed by atoms with E-state index in [0.29, 0.717) is 17.9 Å². The maximum absolute atomic E-state index is 11.3. The average Bonchev–Trinajstić information content (AvgIpc) is 2.39. The Balaban J connectivity index is 2.66. The van der Waals surface area contributed by atoms with Crippen LogP contribution >= 0.6 is 0 Å². The molecular formula is C15H16O3. The molecule has 0 radical (unpaired) electrons. The average molecular weight is 244 g/mol. The van der Waals surface area contributed by atoms with Crippen LogP contribution in [0.25, 0.3) is 0 Å². The number of carbonyl (C=O) groups is 1. The van der Waals surface area contributed by atoms with Crippen molar-refractivity contribution in [1.82, 2.24) is 0 Å². The highest BCUT2D eigenvalue weighted by molar-refractivity contribution is 5.88. The molecule has 0 aliphatic rings. The standard InChI is InChI=1S/C15H16O3/c1-4-18-15(16)12(2)8-7-10-13-9-5-6-11-14(13)17-3/h5-6,9,11H,2,4,8H2,1,3H3. The highest BCUT2D eigenvalue weighted by Gasteiger charge is 2.05.